The van der Waals surface area contributed by atoms with Crippen molar-refractivity contribution in [1.82, 2.24) is 24.8 Å². The average molecular weight is 442 g/mol. The Labute approximate surface area is 188 Å². The van der Waals surface area contributed by atoms with Crippen molar-refractivity contribution < 1.29 is 9.13 Å². The van der Waals surface area contributed by atoms with Crippen LogP contribution in [0.4, 0.5) is 4.39 Å². The highest BCUT2D eigenvalue weighted by atomic mass is 19.1. The van der Waals surface area contributed by atoms with Gasteiger partial charge in [0.2, 0.25) is 0 Å². The number of nitrogens with one attached hydrogen (secondary N) is 1. The van der Waals surface area contributed by atoms with Crippen LogP contribution in [0.15, 0.2) is 53.8 Å². The second kappa shape index (κ2) is 8.41. The van der Waals surface area contributed by atoms with Crippen molar-refractivity contribution in [2.24, 2.45) is 0 Å². The Morgan fingerprint density at radius 3 is 2.73 bits per heavy atom. The summed E-state index contributed by atoms with van der Waals surface area (Å²) in [6.45, 7) is 0.794. The molecule has 5 rings (SSSR count). The minimum absolute atomic E-state index is 0.0826. The summed E-state index contributed by atoms with van der Waals surface area (Å²) in [5, 5.41) is 13.2. The normalized spacial score (nSPS) is 15.5. The van der Waals surface area contributed by atoms with E-state index in [0.29, 0.717) is 33.7 Å². The van der Waals surface area contributed by atoms with Crippen molar-refractivity contribution >= 4 is 10.9 Å². The molecule has 9 heteroatoms. The molecular weight excluding hydrogens is 423 g/mol. The van der Waals surface area contributed by atoms with Gasteiger partial charge in [0.15, 0.2) is 11.6 Å². The third kappa shape index (κ3) is 3.60. The number of nitrogens with zero attached hydrogens (tertiary/aromatic N) is 5. The lowest BCUT2D eigenvalue weighted by atomic mass is 10.0. The van der Waals surface area contributed by atoms with Crippen LogP contribution in [0.1, 0.15) is 30.3 Å². The molecule has 1 aliphatic heterocycles. The summed E-state index contributed by atoms with van der Waals surface area (Å²) in [6, 6.07) is 9.47. The highest BCUT2D eigenvalue weighted by Crippen LogP contribution is 2.31. The first-order valence-corrected chi connectivity index (χ1v) is 10.4. The summed E-state index contributed by atoms with van der Waals surface area (Å²) in [6.07, 6.45) is 6.36. The lowest BCUT2D eigenvalue weighted by molar-refractivity contribution is 0.386. The molecular formula is C24H19FN6O2. The van der Waals surface area contributed by atoms with Gasteiger partial charge < -0.3 is 10.1 Å². The van der Waals surface area contributed by atoms with Gasteiger partial charge in [0.25, 0.3) is 5.56 Å². The fraction of sp³-hybridized carbons (Fsp3) is 0.208. The summed E-state index contributed by atoms with van der Waals surface area (Å²) < 4.78 is 21.0. The lowest BCUT2D eigenvalue weighted by Crippen LogP contribution is -2.29. The number of rotatable bonds is 4. The molecule has 8 nitrogen and oxygen atoms in total. The molecule has 1 N–H and O–H groups in total. The number of nitriles is 1. The molecule has 0 bridgehead atoms. The van der Waals surface area contributed by atoms with E-state index in [1.165, 1.54) is 36.2 Å². The van der Waals surface area contributed by atoms with Gasteiger partial charge in [0.1, 0.15) is 12.2 Å². The molecule has 2 aromatic heterocycles. The quantitative estimate of drug-likeness (QED) is 0.517. The third-order valence-electron chi connectivity index (χ3n) is 5.77. The number of hydrogen-bond acceptors (Lipinski definition) is 7. The first-order chi connectivity index (χ1) is 16.1. The van der Waals surface area contributed by atoms with Crippen molar-refractivity contribution in [3.8, 4) is 28.6 Å². The van der Waals surface area contributed by atoms with Crippen molar-refractivity contribution in [2.75, 3.05) is 13.7 Å². The predicted molar refractivity (Wildman–Crippen MR) is 120 cm³/mol. The van der Waals surface area contributed by atoms with Crippen LogP contribution in [0.5, 0.6) is 5.75 Å². The van der Waals surface area contributed by atoms with Gasteiger partial charge in [-0.15, -0.1) is 0 Å². The number of hydrogen-bond donors (Lipinski definition) is 1. The lowest BCUT2D eigenvalue weighted by Gasteiger charge is -2.19. The molecule has 0 aliphatic carbocycles. The van der Waals surface area contributed by atoms with Crippen molar-refractivity contribution in [3.63, 3.8) is 0 Å². The summed E-state index contributed by atoms with van der Waals surface area (Å²) in [5.41, 5.74) is 1.94. The van der Waals surface area contributed by atoms with Crippen molar-refractivity contribution in [3.05, 3.63) is 76.6 Å². The Morgan fingerprint density at radius 2 is 2.06 bits per heavy atom. The molecule has 164 valence electrons. The van der Waals surface area contributed by atoms with E-state index in [9.17, 15) is 14.4 Å². The standard InChI is InChI=1S/C24H19FN6O2/c1-33-21-5-4-16(9-19(21)25)31-23(20-3-2-6-29-20)30-22-17(15-11-27-13-28-12-15)7-14(10-26)8-18(22)24(31)32/h4-5,7-9,11-13,20,29H,2-3,6H2,1H3. The average Bonchev–Trinajstić information content (AvgIpc) is 3.39. The number of ether oxygens (including phenoxy) is 1. The molecule has 1 atom stereocenters. The Hall–Kier alpha value is -4.16. The van der Waals surface area contributed by atoms with Crippen LogP contribution in [-0.2, 0) is 0 Å². The van der Waals surface area contributed by atoms with Gasteiger partial charge in [-0.3, -0.25) is 9.36 Å². The van der Waals surface area contributed by atoms with Gasteiger partial charge in [-0.25, -0.2) is 19.3 Å². The molecule has 4 aromatic rings. The summed E-state index contributed by atoms with van der Waals surface area (Å²) in [4.78, 5) is 26.9. The molecule has 3 heterocycles. The molecule has 0 radical (unpaired) electrons. The van der Waals surface area contributed by atoms with E-state index in [2.05, 4.69) is 21.4 Å². The van der Waals surface area contributed by atoms with E-state index in [4.69, 9.17) is 9.72 Å². The topological polar surface area (TPSA) is 106 Å². The van der Waals surface area contributed by atoms with Gasteiger partial charge in [-0.1, -0.05) is 0 Å². The van der Waals surface area contributed by atoms with Crippen LogP contribution in [0.2, 0.25) is 0 Å². The maximum absolute atomic E-state index is 14.6. The minimum Gasteiger partial charge on any atom is -0.494 e. The van der Waals surface area contributed by atoms with Gasteiger partial charge in [0, 0.05) is 29.6 Å². The van der Waals surface area contributed by atoms with Crippen LogP contribution in [0.3, 0.4) is 0 Å². The van der Waals surface area contributed by atoms with E-state index in [0.717, 1.165) is 19.4 Å². The molecule has 1 aliphatic rings. The largest absolute Gasteiger partial charge is 0.494 e. The van der Waals surface area contributed by atoms with Crippen LogP contribution >= 0.6 is 0 Å². The Bertz CT molecular complexity index is 1460. The smallest absolute Gasteiger partial charge is 0.266 e. The Kier molecular flexibility index (Phi) is 5.28. The number of aromatic nitrogens is 4. The van der Waals surface area contributed by atoms with E-state index >= 15 is 0 Å². The molecule has 1 saturated heterocycles. The zero-order valence-corrected chi connectivity index (χ0v) is 17.7. The van der Waals surface area contributed by atoms with E-state index in [-0.39, 0.29) is 22.7 Å². The van der Waals surface area contributed by atoms with Crippen LogP contribution < -0.4 is 15.6 Å². The monoisotopic (exact) mass is 442 g/mol. The maximum atomic E-state index is 14.6. The summed E-state index contributed by atoms with van der Waals surface area (Å²) in [5.74, 6) is -0.0168. The molecule has 0 spiro atoms. The summed E-state index contributed by atoms with van der Waals surface area (Å²) in [7, 11) is 1.38. The second-order valence-electron chi connectivity index (χ2n) is 7.74. The molecule has 1 unspecified atom stereocenters. The number of methoxy groups -OCH3 is 1. The second-order valence-corrected chi connectivity index (χ2v) is 7.74. The van der Waals surface area contributed by atoms with Gasteiger partial charge in [-0.2, -0.15) is 5.26 Å². The maximum Gasteiger partial charge on any atom is 0.266 e. The molecule has 33 heavy (non-hydrogen) atoms. The first kappa shape index (κ1) is 20.7. The van der Waals surface area contributed by atoms with Crippen molar-refractivity contribution in [2.45, 2.75) is 18.9 Å². The van der Waals surface area contributed by atoms with Gasteiger partial charge >= 0.3 is 0 Å². The van der Waals surface area contributed by atoms with Crippen LogP contribution in [0.25, 0.3) is 27.7 Å². The third-order valence-corrected chi connectivity index (χ3v) is 5.77. The molecule has 0 amide bonds. The molecule has 1 fully saturated rings. The predicted octanol–water partition coefficient (Wildman–Crippen LogP) is 3.29. The number of benzene rings is 2. The zero-order valence-electron chi connectivity index (χ0n) is 17.7. The van der Waals surface area contributed by atoms with Gasteiger partial charge in [0.05, 0.1) is 41.4 Å². The van der Waals surface area contributed by atoms with E-state index in [1.54, 1.807) is 24.5 Å². The van der Waals surface area contributed by atoms with E-state index in [1.807, 2.05) is 0 Å². The van der Waals surface area contributed by atoms with Crippen LogP contribution in [-0.4, -0.2) is 33.2 Å². The fourth-order valence-electron chi connectivity index (χ4n) is 4.21. The fourth-order valence-corrected chi connectivity index (χ4v) is 4.21. The van der Waals surface area contributed by atoms with Crippen molar-refractivity contribution in [1.29, 1.82) is 5.26 Å². The Morgan fingerprint density at radius 1 is 1.24 bits per heavy atom. The molecule has 2 aromatic carbocycles. The number of fused-ring (bicyclic) bond motifs is 1. The summed E-state index contributed by atoms with van der Waals surface area (Å²) >= 11 is 0. The first-order valence-electron chi connectivity index (χ1n) is 10.4. The molecule has 0 saturated carbocycles. The van der Waals surface area contributed by atoms with Gasteiger partial charge in [-0.05, 0) is 43.7 Å². The Balaban J connectivity index is 1.86. The van der Waals surface area contributed by atoms with Crippen LogP contribution in [0, 0.1) is 17.1 Å². The highest BCUT2D eigenvalue weighted by Gasteiger charge is 2.25. The highest BCUT2D eigenvalue weighted by molar-refractivity contribution is 5.94. The number of halogens is 1. The SMILES string of the molecule is COc1ccc(-n2c(C3CCCN3)nc3c(-c4cncnc4)cc(C#N)cc3c2=O)cc1F. The van der Waals surface area contributed by atoms with E-state index < -0.39 is 5.82 Å². The minimum atomic E-state index is -0.583. The zero-order chi connectivity index (χ0) is 22.9.